The Morgan fingerprint density at radius 2 is 1.85 bits per heavy atom. The maximum atomic E-state index is 13.3. The molecule has 0 fully saturated rings. The monoisotopic (exact) mass is 524 g/mol. The molecule has 1 heterocycles. The Balaban J connectivity index is 1.93. The van der Waals surface area contributed by atoms with E-state index in [2.05, 4.69) is 33.1 Å². The van der Waals surface area contributed by atoms with E-state index in [-0.39, 0.29) is 49.2 Å². The first-order valence-corrected chi connectivity index (χ1v) is 12.0. The topological polar surface area (TPSA) is 84.5 Å². The molecule has 0 aromatic heterocycles. The molecular formula is C27H29BrN2O4. The molecular weight excluding hydrogens is 496 g/mol. The van der Waals surface area contributed by atoms with Crippen molar-refractivity contribution in [1.82, 2.24) is 10.6 Å². The number of hydrogen-bond donors (Lipinski definition) is 2. The van der Waals surface area contributed by atoms with E-state index in [1.54, 1.807) is 12.2 Å². The number of ether oxygens (including phenoxy) is 1. The van der Waals surface area contributed by atoms with Crippen LogP contribution in [0.2, 0.25) is 0 Å². The molecule has 1 aliphatic heterocycles. The smallest absolute Gasteiger partial charge is 0.309 e. The van der Waals surface area contributed by atoms with Crippen molar-refractivity contribution in [2.24, 2.45) is 5.92 Å². The van der Waals surface area contributed by atoms with E-state index in [0.29, 0.717) is 6.42 Å². The van der Waals surface area contributed by atoms with Gasteiger partial charge >= 0.3 is 5.97 Å². The minimum atomic E-state index is -0.756. The molecule has 178 valence electrons. The predicted molar refractivity (Wildman–Crippen MR) is 135 cm³/mol. The van der Waals surface area contributed by atoms with Crippen LogP contribution in [0.5, 0.6) is 0 Å². The molecule has 0 spiro atoms. The summed E-state index contributed by atoms with van der Waals surface area (Å²) in [6, 6.07) is 13.9. The second-order valence-electron chi connectivity index (χ2n) is 8.28. The van der Waals surface area contributed by atoms with E-state index in [0.717, 1.165) is 21.2 Å². The van der Waals surface area contributed by atoms with Crippen molar-refractivity contribution in [3.63, 3.8) is 0 Å². The van der Waals surface area contributed by atoms with Crippen LogP contribution in [0.25, 0.3) is 0 Å². The van der Waals surface area contributed by atoms with Crippen molar-refractivity contribution in [2.75, 3.05) is 0 Å². The standard InChI is InChI=1S/C27H29BrN2O4/c1-3-8-23-27(33)30-26(20-12-7-13-22(28)15-20)18(2)9-6-14-25(32)34-17-21-11-5-4-10-19(21)16-24(31)29-23/h3-7,9-13,15,18,23,26H,1,8,14,16-17H2,2H3,(H,29,31)(H,30,33)/b9-6+/t18-,23+,26+/m1/s1. The number of nitrogens with one attached hydrogen (secondary N) is 2. The lowest BCUT2D eigenvalue weighted by molar-refractivity contribution is -0.143. The first kappa shape index (κ1) is 25.4. The Kier molecular flexibility index (Phi) is 9.22. The lowest BCUT2D eigenvalue weighted by Crippen LogP contribution is -2.48. The van der Waals surface area contributed by atoms with Crippen LogP contribution in [0.1, 0.15) is 42.5 Å². The Bertz CT molecular complexity index is 1080. The van der Waals surface area contributed by atoms with Crippen LogP contribution in [0.15, 0.2) is 77.8 Å². The molecule has 2 aromatic carbocycles. The molecule has 2 aromatic rings. The lowest BCUT2D eigenvalue weighted by Gasteiger charge is -2.27. The molecule has 3 rings (SSSR count). The fourth-order valence-electron chi connectivity index (χ4n) is 3.87. The normalized spacial score (nSPS) is 23.1. The summed E-state index contributed by atoms with van der Waals surface area (Å²) in [5, 5.41) is 5.93. The number of carbonyl (C=O) groups excluding carboxylic acids is 3. The van der Waals surface area contributed by atoms with E-state index in [9.17, 15) is 14.4 Å². The van der Waals surface area contributed by atoms with Gasteiger partial charge in [-0.1, -0.05) is 77.5 Å². The highest BCUT2D eigenvalue weighted by molar-refractivity contribution is 9.10. The van der Waals surface area contributed by atoms with Gasteiger partial charge in [0.1, 0.15) is 12.6 Å². The van der Waals surface area contributed by atoms with Crippen LogP contribution in [-0.4, -0.2) is 23.8 Å². The van der Waals surface area contributed by atoms with Crippen LogP contribution >= 0.6 is 15.9 Å². The molecule has 0 unspecified atom stereocenters. The number of halogens is 1. The number of esters is 1. The molecule has 0 saturated heterocycles. The molecule has 0 radical (unpaired) electrons. The number of carbonyl (C=O) groups is 3. The van der Waals surface area contributed by atoms with Gasteiger partial charge in [0.05, 0.1) is 18.9 Å². The van der Waals surface area contributed by atoms with Gasteiger partial charge in [-0.15, -0.1) is 6.58 Å². The molecule has 0 saturated carbocycles. The second kappa shape index (κ2) is 12.3. The fourth-order valence-corrected chi connectivity index (χ4v) is 4.28. The third-order valence-electron chi connectivity index (χ3n) is 5.67. The molecule has 0 aliphatic carbocycles. The minimum absolute atomic E-state index is 0.0695. The number of cyclic esters (lactones) is 1. The summed E-state index contributed by atoms with van der Waals surface area (Å²) in [4.78, 5) is 38.4. The Morgan fingerprint density at radius 1 is 1.09 bits per heavy atom. The molecule has 34 heavy (non-hydrogen) atoms. The van der Waals surface area contributed by atoms with Crippen molar-refractivity contribution in [2.45, 2.75) is 44.9 Å². The molecule has 6 nitrogen and oxygen atoms in total. The molecule has 2 N–H and O–H groups in total. The van der Waals surface area contributed by atoms with E-state index in [1.807, 2.05) is 61.5 Å². The van der Waals surface area contributed by atoms with Crippen LogP contribution in [0.3, 0.4) is 0 Å². The number of fused-ring (bicyclic) bond motifs is 1. The number of amides is 2. The molecule has 0 bridgehead atoms. The summed E-state index contributed by atoms with van der Waals surface area (Å²) in [5.41, 5.74) is 2.41. The average molecular weight is 525 g/mol. The quantitative estimate of drug-likeness (QED) is 0.455. The van der Waals surface area contributed by atoms with Gasteiger partial charge in [0, 0.05) is 4.47 Å². The van der Waals surface area contributed by atoms with Crippen molar-refractivity contribution in [1.29, 1.82) is 0 Å². The average Bonchev–Trinajstić information content (AvgIpc) is 2.81. The zero-order chi connectivity index (χ0) is 24.5. The number of rotatable bonds is 3. The summed E-state index contributed by atoms with van der Waals surface area (Å²) < 4.78 is 6.32. The van der Waals surface area contributed by atoms with E-state index in [4.69, 9.17) is 4.74 Å². The van der Waals surface area contributed by atoms with Gasteiger partial charge in [-0.3, -0.25) is 14.4 Å². The molecule has 7 heteroatoms. The highest BCUT2D eigenvalue weighted by Gasteiger charge is 2.26. The van der Waals surface area contributed by atoms with Crippen molar-refractivity contribution < 1.29 is 19.1 Å². The van der Waals surface area contributed by atoms with E-state index >= 15 is 0 Å². The molecule has 1 aliphatic rings. The highest BCUT2D eigenvalue weighted by atomic mass is 79.9. The minimum Gasteiger partial charge on any atom is -0.461 e. The summed E-state index contributed by atoms with van der Waals surface area (Å²) in [6.07, 6.45) is 5.77. The van der Waals surface area contributed by atoms with Crippen molar-refractivity contribution in [3.05, 3.63) is 94.5 Å². The zero-order valence-corrected chi connectivity index (χ0v) is 20.7. The Labute approximate surface area is 208 Å². The van der Waals surface area contributed by atoms with Crippen molar-refractivity contribution in [3.8, 4) is 0 Å². The maximum Gasteiger partial charge on any atom is 0.309 e. The molecule has 3 atom stereocenters. The maximum absolute atomic E-state index is 13.3. The lowest BCUT2D eigenvalue weighted by atomic mass is 9.93. The van der Waals surface area contributed by atoms with Crippen molar-refractivity contribution >= 4 is 33.7 Å². The summed E-state index contributed by atoms with van der Waals surface area (Å²) in [5.74, 6) is -1.07. The van der Waals surface area contributed by atoms with E-state index in [1.165, 1.54) is 0 Å². The third kappa shape index (κ3) is 7.15. The van der Waals surface area contributed by atoms with Gasteiger partial charge in [0.2, 0.25) is 11.8 Å². The van der Waals surface area contributed by atoms with Crippen LogP contribution < -0.4 is 10.6 Å². The van der Waals surface area contributed by atoms with Gasteiger partial charge in [0.15, 0.2) is 0 Å². The highest BCUT2D eigenvalue weighted by Crippen LogP contribution is 2.26. The van der Waals surface area contributed by atoms with Gasteiger partial charge in [-0.05, 0) is 41.2 Å². The summed E-state index contributed by atoms with van der Waals surface area (Å²) in [7, 11) is 0. The summed E-state index contributed by atoms with van der Waals surface area (Å²) in [6.45, 7) is 5.80. The number of hydrogen-bond acceptors (Lipinski definition) is 4. The summed E-state index contributed by atoms with van der Waals surface area (Å²) >= 11 is 3.49. The van der Waals surface area contributed by atoms with Crippen LogP contribution in [-0.2, 0) is 32.1 Å². The van der Waals surface area contributed by atoms with Gasteiger partial charge < -0.3 is 15.4 Å². The van der Waals surface area contributed by atoms with Gasteiger partial charge in [-0.25, -0.2) is 0 Å². The van der Waals surface area contributed by atoms with Gasteiger partial charge in [-0.2, -0.15) is 0 Å². The number of benzene rings is 2. The largest absolute Gasteiger partial charge is 0.461 e. The Hall–Kier alpha value is -3.19. The van der Waals surface area contributed by atoms with Gasteiger partial charge in [0.25, 0.3) is 0 Å². The third-order valence-corrected chi connectivity index (χ3v) is 6.16. The van der Waals surface area contributed by atoms with Crippen LogP contribution in [0.4, 0.5) is 0 Å². The van der Waals surface area contributed by atoms with Crippen LogP contribution in [0, 0.1) is 5.92 Å². The second-order valence-corrected chi connectivity index (χ2v) is 9.20. The zero-order valence-electron chi connectivity index (χ0n) is 19.1. The SMILES string of the molecule is C=CC[C@@H]1NC(=O)Cc2ccccc2COC(=O)C/C=C/[C@@H](C)[C@@H](c2cccc(Br)c2)NC1=O. The van der Waals surface area contributed by atoms with E-state index < -0.39 is 6.04 Å². The Morgan fingerprint density at radius 3 is 2.59 bits per heavy atom. The molecule has 2 amide bonds. The fraction of sp³-hybridized carbons (Fsp3) is 0.296. The first-order valence-electron chi connectivity index (χ1n) is 11.2. The first-order chi connectivity index (χ1) is 16.4. The predicted octanol–water partition coefficient (Wildman–Crippen LogP) is 4.55.